The predicted octanol–water partition coefficient (Wildman–Crippen LogP) is 4.58. The van der Waals surface area contributed by atoms with Crippen LogP contribution in [0.4, 0.5) is 26.3 Å². The molecule has 176 valence electrons. The second-order valence-electron chi connectivity index (χ2n) is 7.71. The Morgan fingerprint density at radius 3 is 1.91 bits per heavy atom. The Labute approximate surface area is 182 Å². The minimum atomic E-state index is -4.95. The number of carbonyl (C=O) groups is 1. The van der Waals surface area contributed by atoms with Gasteiger partial charge in [0.15, 0.2) is 0 Å². The minimum Gasteiger partial charge on any atom is -0.340 e. The smallest absolute Gasteiger partial charge is 0.340 e. The van der Waals surface area contributed by atoms with Crippen molar-refractivity contribution in [1.29, 1.82) is 0 Å². The zero-order valence-corrected chi connectivity index (χ0v) is 17.9. The molecule has 0 saturated carbocycles. The molecule has 1 amide bonds. The normalized spacial score (nSPS) is 13.3. The maximum atomic E-state index is 13.1. The van der Waals surface area contributed by atoms with Crippen molar-refractivity contribution in [2.45, 2.75) is 24.9 Å². The van der Waals surface area contributed by atoms with E-state index >= 15 is 0 Å². The van der Waals surface area contributed by atoms with Crippen molar-refractivity contribution in [3.05, 3.63) is 70.8 Å². The summed E-state index contributed by atoms with van der Waals surface area (Å²) in [6, 6.07) is 9.25. The molecule has 0 aliphatic rings. The average molecular weight is 461 g/mol. The number of rotatable bonds is 8. The SMILES string of the molecule is CN(C)CCN[C@H](C(=O)N(C)Cc1cc(C(F)(F)F)cc(C(F)(F)F)c1)c1ccccc1. The summed E-state index contributed by atoms with van der Waals surface area (Å²) in [5.41, 5.74) is -2.44. The van der Waals surface area contributed by atoms with Crippen LogP contribution >= 0.6 is 0 Å². The Bertz CT molecular complexity index is 865. The van der Waals surface area contributed by atoms with E-state index in [1.54, 1.807) is 30.3 Å². The van der Waals surface area contributed by atoms with Gasteiger partial charge in [-0.15, -0.1) is 0 Å². The maximum Gasteiger partial charge on any atom is 0.416 e. The number of carbonyl (C=O) groups excluding carboxylic acids is 1. The van der Waals surface area contributed by atoms with E-state index in [-0.39, 0.29) is 11.6 Å². The molecule has 0 aromatic heterocycles. The van der Waals surface area contributed by atoms with Crippen molar-refractivity contribution in [3.8, 4) is 0 Å². The summed E-state index contributed by atoms with van der Waals surface area (Å²) in [5.74, 6) is -0.471. The zero-order valence-electron chi connectivity index (χ0n) is 17.9. The van der Waals surface area contributed by atoms with E-state index < -0.39 is 42.0 Å². The maximum absolute atomic E-state index is 13.1. The fourth-order valence-corrected chi connectivity index (χ4v) is 3.11. The second-order valence-corrected chi connectivity index (χ2v) is 7.71. The summed E-state index contributed by atoms with van der Waals surface area (Å²) in [6.45, 7) is 0.668. The van der Waals surface area contributed by atoms with Crippen LogP contribution in [0.5, 0.6) is 0 Å². The van der Waals surface area contributed by atoms with Crippen molar-refractivity contribution >= 4 is 5.91 Å². The molecule has 0 aliphatic heterocycles. The third kappa shape index (κ3) is 7.23. The van der Waals surface area contributed by atoms with Gasteiger partial charge in [0.25, 0.3) is 0 Å². The lowest BCUT2D eigenvalue weighted by Crippen LogP contribution is -2.40. The van der Waals surface area contributed by atoms with Crippen molar-refractivity contribution in [2.75, 3.05) is 34.2 Å². The molecular weight excluding hydrogens is 436 g/mol. The lowest BCUT2D eigenvalue weighted by Gasteiger charge is -2.26. The number of nitrogens with zero attached hydrogens (tertiary/aromatic N) is 2. The monoisotopic (exact) mass is 461 g/mol. The van der Waals surface area contributed by atoms with Gasteiger partial charge in [-0.1, -0.05) is 30.3 Å². The summed E-state index contributed by atoms with van der Waals surface area (Å²) < 4.78 is 78.7. The number of halogens is 6. The van der Waals surface area contributed by atoms with Crippen molar-refractivity contribution in [2.24, 2.45) is 0 Å². The van der Waals surface area contributed by atoms with Crippen LogP contribution in [0.15, 0.2) is 48.5 Å². The first kappa shape index (κ1) is 25.7. The van der Waals surface area contributed by atoms with E-state index in [2.05, 4.69) is 5.32 Å². The second kappa shape index (κ2) is 10.4. The molecule has 0 radical (unpaired) electrons. The average Bonchev–Trinajstić information content (AvgIpc) is 2.69. The van der Waals surface area contributed by atoms with E-state index in [0.29, 0.717) is 30.8 Å². The van der Waals surface area contributed by atoms with Gasteiger partial charge in [-0.25, -0.2) is 0 Å². The van der Waals surface area contributed by atoms with Crippen molar-refractivity contribution < 1.29 is 31.1 Å². The van der Waals surface area contributed by atoms with Crippen LogP contribution in [0.1, 0.15) is 28.3 Å². The van der Waals surface area contributed by atoms with Gasteiger partial charge in [-0.2, -0.15) is 26.3 Å². The molecule has 32 heavy (non-hydrogen) atoms. The van der Waals surface area contributed by atoms with Crippen molar-refractivity contribution in [3.63, 3.8) is 0 Å². The van der Waals surface area contributed by atoms with Crippen LogP contribution in [-0.2, 0) is 23.7 Å². The highest BCUT2D eigenvalue weighted by Gasteiger charge is 2.37. The number of benzene rings is 2. The third-order valence-corrected chi connectivity index (χ3v) is 4.73. The number of alkyl halides is 6. The first-order valence-corrected chi connectivity index (χ1v) is 9.75. The highest BCUT2D eigenvalue weighted by molar-refractivity contribution is 5.83. The highest BCUT2D eigenvalue weighted by Crippen LogP contribution is 2.36. The standard InChI is InChI=1S/C22H25F6N3O/c1-30(2)10-9-29-19(16-7-5-4-6-8-16)20(32)31(3)14-15-11-17(21(23,24)25)13-18(12-15)22(26,27)28/h4-8,11-13,19,29H,9-10,14H2,1-3H3/t19-/m0/s1. The van der Waals surface area contributed by atoms with Gasteiger partial charge in [0.2, 0.25) is 5.91 Å². The van der Waals surface area contributed by atoms with Gasteiger partial charge < -0.3 is 15.1 Å². The topological polar surface area (TPSA) is 35.6 Å². The summed E-state index contributed by atoms with van der Waals surface area (Å²) in [4.78, 5) is 16.1. The Hall–Kier alpha value is -2.59. The molecule has 0 bridgehead atoms. The highest BCUT2D eigenvalue weighted by atomic mass is 19.4. The molecule has 10 heteroatoms. The number of amides is 1. The molecule has 0 spiro atoms. The molecule has 0 fully saturated rings. The van der Waals surface area contributed by atoms with Crippen molar-refractivity contribution in [1.82, 2.24) is 15.1 Å². The minimum absolute atomic E-state index is 0.0703. The largest absolute Gasteiger partial charge is 0.416 e. The van der Waals surface area contributed by atoms with Gasteiger partial charge >= 0.3 is 12.4 Å². The summed E-state index contributed by atoms with van der Waals surface area (Å²) in [6.07, 6.45) is -9.89. The van der Waals surface area contributed by atoms with Gasteiger partial charge in [0.05, 0.1) is 11.1 Å². The molecule has 4 nitrogen and oxygen atoms in total. The van der Waals surface area contributed by atoms with Crippen LogP contribution in [0.25, 0.3) is 0 Å². The molecule has 0 saturated heterocycles. The van der Waals surface area contributed by atoms with E-state index in [0.717, 1.165) is 4.90 Å². The van der Waals surface area contributed by atoms with Crippen LogP contribution in [0.3, 0.4) is 0 Å². The Kier molecular flexibility index (Phi) is 8.30. The Morgan fingerprint density at radius 1 is 0.906 bits per heavy atom. The summed E-state index contributed by atoms with van der Waals surface area (Å²) in [5, 5.41) is 3.11. The lowest BCUT2D eigenvalue weighted by atomic mass is 10.0. The first-order chi connectivity index (χ1) is 14.8. The molecule has 0 heterocycles. The van der Waals surface area contributed by atoms with E-state index in [4.69, 9.17) is 0 Å². The molecule has 1 atom stereocenters. The van der Waals surface area contributed by atoms with Crippen LogP contribution in [-0.4, -0.2) is 49.9 Å². The lowest BCUT2D eigenvalue weighted by molar-refractivity contribution is -0.143. The third-order valence-electron chi connectivity index (χ3n) is 4.73. The molecular formula is C22H25F6N3O. The van der Waals surface area contributed by atoms with Crippen LogP contribution in [0.2, 0.25) is 0 Å². The molecule has 0 unspecified atom stereocenters. The quantitative estimate of drug-likeness (QED) is 0.585. The summed E-state index contributed by atoms with van der Waals surface area (Å²) >= 11 is 0. The van der Waals surface area contributed by atoms with E-state index in [9.17, 15) is 31.1 Å². The molecule has 2 aromatic rings. The fourth-order valence-electron chi connectivity index (χ4n) is 3.11. The number of hydrogen-bond donors (Lipinski definition) is 1. The van der Waals surface area contributed by atoms with E-state index in [1.807, 2.05) is 19.0 Å². The van der Waals surface area contributed by atoms with Crippen LogP contribution < -0.4 is 5.32 Å². The summed E-state index contributed by atoms with van der Waals surface area (Å²) in [7, 11) is 5.07. The molecule has 2 aromatic carbocycles. The van der Waals surface area contributed by atoms with Crippen LogP contribution in [0, 0.1) is 0 Å². The number of hydrogen-bond acceptors (Lipinski definition) is 3. The van der Waals surface area contributed by atoms with Gasteiger partial charge in [-0.05, 0) is 43.4 Å². The fraction of sp³-hybridized carbons (Fsp3) is 0.409. The number of likely N-dealkylation sites (N-methyl/N-ethyl adjacent to an activating group) is 2. The first-order valence-electron chi connectivity index (χ1n) is 9.75. The molecule has 2 rings (SSSR count). The van der Waals surface area contributed by atoms with Gasteiger partial charge in [0, 0.05) is 26.7 Å². The van der Waals surface area contributed by atoms with Gasteiger partial charge in [0.1, 0.15) is 6.04 Å². The van der Waals surface area contributed by atoms with Gasteiger partial charge in [-0.3, -0.25) is 4.79 Å². The Morgan fingerprint density at radius 2 is 1.44 bits per heavy atom. The molecule has 0 aliphatic carbocycles. The molecule has 1 N–H and O–H groups in total. The predicted molar refractivity (Wildman–Crippen MR) is 109 cm³/mol. The van der Waals surface area contributed by atoms with E-state index in [1.165, 1.54) is 7.05 Å². The zero-order chi connectivity index (χ0) is 24.1. The number of nitrogens with one attached hydrogen (secondary N) is 1. The Balaban J connectivity index is 2.30.